The fourth-order valence-electron chi connectivity index (χ4n) is 2.11. The summed E-state index contributed by atoms with van der Waals surface area (Å²) in [5.41, 5.74) is 0. The Balaban J connectivity index is 1.85. The molecule has 2 atom stereocenters. The van der Waals surface area contributed by atoms with Crippen LogP contribution in [0.1, 0.15) is 18.2 Å². The average Bonchev–Trinajstić information content (AvgIpc) is 2.83. The second kappa shape index (κ2) is 7.70. The Kier molecular flexibility index (Phi) is 5.92. The molecule has 2 rings (SSSR count). The van der Waals surface area contributed by atoms with Crippen LogP contribution in [-0.4, -0.2) is 49.1 Å². The van der Waals surface area contributed by atoms with Crippen molar-refractivity contribution in [3.8, 4) is 0 Å². The zero-order valence-corrected chi connectivity index (χ0v) is 12.6. The summed E-state index contributed by atoms with van der Waals surface area (Å²) in [5.74, 6) is -0.857. The predicted molar refractivity (Wildman–Crippen MR) is 78.9 cm³/mol. The third-order valence-electron chi connectivity index (χ3n) is 3.05. The summed E-state index contributed by atoms with van der Waals surface area (Å²) in [5, 5.41) is 14.6. The molecule has 1 fully saturated rings. The Hall–Kier alpha value is -1.22. The largest absolute Gasteiger partial charge is 0.480 e. The molecule has 2 heterocycles. The minimum atomic E-state index is -1.18. The molecule has 0 aliphatic carbocycles. The normalized spacial score (nSPS) is 22.7. The summed E-state index contributed by atoms with van der Waals surface area (Å²) in [6, 6.07) is 3.76. The third kappa shape index (κ3) is 5.24. The maximum atomic E-state index is 11.9. The molecule has 1 aliphatic heterocycles. The minimum absolute atomic E-state index is 0.0315. The highest BCUT2D eigenvalue weighted by atomic mass is 32.1. The number of ether oxygens (including phenoxy) is 1. The fourth-order valence-corrected chi connectivity index (χ4v) is 2.81. The van der Waals surface area contributed by atoms with Gasteiger partial charge in [0.2, 0.25) is 5.91 Å². The van der Waals surface area contributed by atoms with E-state index >= 15 is 0 Å². The SMILES string of the molecule is CC(=O)C[C@H]1COC[C@H](NC(=O)Cc2cccs2)B(O)O1. The van der Waals surface area contributed by atoms with Crippen LogP contribution in [0.4, 0.5) is 0 Å². The number of carbonyl (C=O) groups excluding carboxylic acids is 2. The minimum Gasteiger partial charge on any atom is -0.426 e. The first-order valence-electron chi connectivity index (χ1n) is 6.77. The number of hydrogen-bond donors (Lipinski definition) is 2. The number of ketones is 1. The molecule has 8 heteroatoms. The summed E-state index contributed by atoms with van der Waals surface area (Å²) in [4.78, 5) is 23.9. The Morgan fingerprint density at radius 3 is 3.00 bits per heavy atom. The van der Waals surface area contributed by atoms with Gasteiger partial charge in [-0.25, -0.2) is 0 Å². The van der Waals surface area contributed by atoms with Crippen LogP contribution in [-0.2, 0) is 25.4 Å². The van der Waals surface area contributed by atoms with Gasteiger partial charge in [-0.1, -0.05) is 6.07 Å². The van der Waals surface area contributed by atoms with Crippen molar-refractivity contribution >= 4 is 30.1 Å². The molecule has 6 nitrogen and oxygen atoms in total. The van der Waals surface area contributed by atoms with Gasteiger partial charge in [0, 0.05) is 11.3 Å². The highest BCUT2D eigenvalue weighted by Gasteiger charge is 2.34. The van der Waals surface area contributed by atoms with Gasteiger partial charge in [-0.3, -0.25) is 9.59 Å². The quantitative estimate of drug-likeness (QED) is 0.758. The van der Waals surface area contributed by atoms with Crippen molar-refractivity contribution in [2.45, 2.75) is 31.8 Å². The van der Waals surface area contributed by atoms with Crippen molar-refractivity contribution in [2.75, 3.05) is 13.2 Å². The molecule has 0 unspecified atom stereocenters. The van der Waals surface area contributed by atoms with Crippen LogP contribution in [0.3, 0.4) is 0 Å². The number of carbonyl (C=O) groups is 2. The van der Waals surface area contributed by atoms with E-state index < -0.39 is 19.2 Å². The van der Waals surface area contributed by atoms with Crippen molar-refractivity contribution in [1.82, 2.24) is 5.32 Å². The van der Waals surface area contributed by atoms with Crippen molar-refractivity contribution < 1.29 is 24.0 Å². The first kappa shape index (κ1) is 16.2. The Morgan fingerprint density at radius 2 is 2.33 bits per heavy atom. The molecule has 0 radical (unpaired) electrons. The second-order valence-corrected chi connectivity index (χ2v) is 6.05. The van der Waals surface area contributed by atoms with Crippen LogP contribution in [0.25, 0.3) is 0 Å². The van der Waals surface area contributed by atoms with Crippen LogP contribution < -0.4 is 5.32 Å². The van der Waals surface area contributed by atoms with Gasteiger partial charge in [-0.2, -0.15) is 0 Å². The van der Waals surface area contributed by atoms with Gasteiger partial charge in [-0.15, -0.1) is 11.3 Å². The average molecular weight is 311 g/mol. The number of rotatable bonds is 5. The molecule has 0 bridgehead atoms. The topological polar surface area (TPSA) is 84.9 Å². The summed E-state index contributed by atoms with van der Waals surface area (Å²) >= 11 is 1.50. The molecule has 0 aromatic carbocycles. The first-order chi connectivity index (χ1) is 10.0. The van der Waals surface area contributed by atoms with E-state index in [1.165, 1.54) is 18.3 Å². The van der Waals surface area contributed by atoms with Gasteiger partial charge in [0.05, 0.1) is 31.7 Å². The van der Waals surface area contributed by atoms with E-state index in [1.54, 1.807) is 0 Å². The number of nitrogens with one attached hydrogen (secondary N) is 1. The highest BCUT2D eigenvalue weighted by Crippen LogP contribution is 2.11. The lowest BCUT2D eigenvalue weighted by molar-refractivity contribution is -0.121. The summed E-state index contributed by atoms with van der Waals surface area (Å²) < 4.78 is 10.7. The number of Topliss-reactive ketones (excluding diaryl/α,β-unsaturated/α-hetero) is 1. The van der Waals surface area contributed by atoms with E-state index in [9.17, 15) is 14.6 Å². The Labute approximate surface area is 127 Å². The van der Waals surface area contributed by atoms with E-state index in [-0.39, 0.29) is 37.7 Å². The van der Waals surface area contributed by atoms with Gasteiger partial charge in [0.25, 0.3) is 0 Å². The van der Waals surface area contributed by atoms with Crippen LogP contribution >= 0.6 is 11.3 Å². The smallest absolute Gasteiger partial charge is 0.426 e. The Morgan fingerprint density at radius 1 is 1.52 bits per heavy atom. The molecule has 2 N–H and O–H groups in total. The fraction of sp³-hybridized carbons (Fsp3) is 0.538. The molecule has 1 saturated heterocycles. The standard InChI is InChI=1S/C13H18BNO5S/c1-9(16)5-10-7-19-8-12(14(18)20-10)15-13(17)6-11-3-2-4-21-11/h2-4,10,12,18H,5-8H2,1H3,(H,15,17)/t10-,12-/m0/s1. The molecule has 0 spiro atoms. The summed E-state index contributed by atoms with van der Waals surface area (Å²) in [7, 11) is -1.18. The van der Waals surface area contributed by atoms with E-state index in [4.69, 9.17) is 9.39 Å². The van der Waals surface area contributed by atoms with E-state index in [0.29, 0.717) is 0 Å². The van der Waals surface area contributed by atoms with Crippen molar-refractivity contribution in [3.63, 3.8) is 0 Å². The molecule has 1 aliphatic rings. The van der Waals surface area contributed by atoms with E-state index in [1.807, 2.05) is 17.5 Å². The van der Waals surface area contributed by atoms with E-state index in [2.05, 4.69) is 5.32 Å². The van der Waals surface area contributed by atoms with E-state index in [0.717, 1.165) is 4.88 Å². The zero-order chi connectivity index (χ0) is 15.2. The molecule has 1 amide bonds. The first-order valence-corrected chi connectivity index (χ1v) is 7.65. The van der Waals surface area contributed by atoms with Gasteiger partial charge >= 0.3 is 7.12 Å². The molecule has 114 valence electrons. The molecule has 1 aromatic heterocycles. The maximum absolute atomic E-state index is 11.9. The number of thiophene rings is 1. The van der Waals surface area contributed by atoms with Crippen molar-refractivity contribution in [3.05, 3.63) is 22.4 Å². The van der Waals surface area contributed by atoms with Gasteiger partial charge < -0.3 is 19.7 Å². The van der Waals surface area contributed by atoms with Crippen LogP contribution in [0.15, 0.2) is 17.5 Å². The lowest BCUT2D eigenvalue weighted by atomic mass is 9.79. The third-order valence-corrected chi connectivity index (χ3v) is 3.93. The lowest BCUT2D eigenvalue weighted by Gasteiger charge is -2.18. The highest BCUT2D eigenvalue weighted by molar-refractivity contribution is 7.10. The summed E-state index contributed by atoms with van der Waals surface area (Å²) in [6.45, 7) is 1.85. The van der Waals surface area contributed by atoms with Crippen molar-refractivity contribution in [2.24, 2.45) is 0 Å². The van der Waals surface area contributed by atoms with Crippen LogP contribution in [0, 0.1) is 0 Å². The molecular weight excluding hydrogens is 293 g/mol. The van der Waals surface area contributed by atoms with Gasteiger partial charge in [-0.05, 0) is 18.4 Å². The monoisotopic (exact) mass is 311 g/mol. The predicted octanol–water partition coefficient (Wildman–Crippen LogP) is 0.190. The molecule has 1 aromatic rings. The van der Waals surface area contributed by atoms with Crippen molar-refractivity contribution in [1.29, 1.82) is 0 Å². The summed E-state index contributed by atoms with van der Waals surface area (Å²) in [6.07, 6.45) is -0.0262. The molecule has 0 saturated carbocycles. The van der Waals surface area contributed by atoms with Gasteiger partial charge in [0.1, 0.15) is 5.78 Å². The second-order valence-electron chi connectivity index (χ2n) is 5.02. The Bertz CT molecular complexity index is 481. The van der Waals surface area contributed by atoms with Crippen LogP contribution in [0.2, 0.25) is 0 Å². The molecule has 21 heavy (non-hydrogen) atoms. The van der Waals surface area contributed by atoms with Crippen LogP contribution in [0.5, 0.6) is 0 Å². The number of amides is 1. The maximum Gasteiger partial charge on any atom is 0.480 e. The molecular formula is C13H18BNO5S. The number of hydrogen-bond acceptors (Lipinski definition) is 6. The van der Waals surface area contributed by atoms with Gasteiger partial charge in [0.15, 0.2) is 0 Å². The zero-order valence-electron chi connectivity index (χ0n) is 11.8. The lowest BCUT2D eigenvalue weighted by Crippen LogP contribution is -2.50.